The van der Waals surface area contributed by atoms with E-state index in [0.717, 1.165) is 37.8 Å². The molecule has 0 N–H and O–H groups in total. The van der Waals surface area contributed by atoms with E-state index in [4.69, 9.17) is 88.6 Å². The average Bonchev–Trinajstić information content (AvgIpc) is 2.97. The van der Waals surface area contributed by atoms with E-state index in [1.165, 1.54) is 0 Å². The summed E-state index contributed by atoms with van der Waals surface area (Å²) < 4.78 is 21.4. The van der Waals surface area contributed by atoms with Crippen LogP contribution in [0.4, 0.5) is 0 Å². The Balaban J connectivity index is 1.49. The maximum Gasteiger partial charge on any atom is 0.423 e. The third kappa shape index (κ3) is 8.16. The van der Waals surface area contributed by atoms with E-state index in [2.05, 4.69) is 41.5 Å². The highest BCUT2D eigenvalue weighted by Crippen LogP contribution is 2.52. The van der Waals surface area contributed by atoms with Gasteiger partial charge in [0.25, 0.3) is 0 Å². The van der Waals surface area contributed by atoms with Gasteiger partial charge in [0.15, 0.2) is 11.5 Å². The maximum atomic E-state index is 13.2. The third-order valence-electron chi connectivity index (χ3n) is 9.93. The second kappa shape index (κ2) is 15.1. The molecule has 4 rings (SSSR count). The Bertz CT molecular complexity index is 1510. The van der Waals surface area contributed by atoms with Crippen LogP contribution >= 0.6 is 69.6 Å². The average molecular weight is 785 g/mol. The van der Waals surface area contributed by atoms with Crippen LogP contribution in [-0.4, -0.2) is 37.1 Å². The first-order valence-corrected chi connectivity index (χ1v) is 17.7. The van der Waals surface area contributed by atoms with E-state index in [1.807, 2.05) is 0 Å². The second-order valence-corrected chi connectivity index (χ2v) is 16.2. The Morgan fingerprint density at radius 1 is 0.625 bits per heavy atom. The van der Waals surface area contributed by atoms with Crippen LogP contribution in [0.1, 0.15) is 87.9 Å². The fourth-order valence-corrected chi connectivity index (χ4v) is 7.66. The molecule has 2 aliphatic carbocycles. The molecular weight excluding hydrogens is 749 g/mol. The van der Waals surface area contributed by atoms with Crippen LogP contribution in [0.2, 0.25) is 30.1 Å². The second-order valence-electron chi connectivity index (χ2n) is 13.9. The number of carbonyl (C=O) groups is 4. The van der Waals surface area contributed by atoms with E-state index in [0.29, 0.717) is 11.8 Å². The fourth-order valence-electron chi connectivity index (χ4n) is 6.22. The van der Waals surface area contributed by atoms with Crippen molar-refractivity contribution in [3.8, 4) is 11.5 Å². The lowest BCUT2D eigenvalue weighted by molar-refractivity contribution is -0.156. The number of hydrogen-bond acceptors (Lipinski definition) is 8. The predicted molar refractivity (Wildman–Crippen MR) is 186 cm³/mol. The lowest BCUT2D eigenvalue weighted by atomic mass is 9.58. The van der Waals surface area contributed by atoms with Gasteiger partial charge in [0.2, 0.25) is 0 Å². The van der Waals surface area contributed by atoms with E-state index in [-0.39, 0.29) is 66.0 Å². The first-order chi connectivity index (χ1) is 22.3. The summed E-state index contributed by atoms with van der Waals surface area (Å²) in [6, 6.07) is 2.26. The van der Waals surface area contributed by atoms with Crippen LogP contribution in [0.25, 0.3) is 0 Å². The zero-order chi connectivity index (χ0) is 35.9. The SMILES string of the molecule is CC(C)C1(C)CC(COC(=O)c2c(Cl)c(Cl)cc(Cl)c2OC(=O)C(=O)Oc2c(Cl)cc(Cl)c(Cl)c2C(=O)OCC2CC(C)(C(C)C)C2)C1. The molecule has 0 aromatic heterocycles. The van der Waals surface area contributed by atoms with E-state index < -0.39 is 46.5 Å². The van der Waals surface area contributed by atoms with Crippen molar-refractivity contribution in [2.45, 2.75) is 67.2 Å². The number of carbonyl (C=O) groups excluding carboxylic acids is 4. The standard InChI is InChI=1S/C34H36Cl6O8/c1-15(2)33(5)9-17(10-33)13-45-29(41)23-25(39)19(35)7-21(37)27(23)47-31(43)32(44)48-28-22(38)8-20(36)26(40)24(28)30(42)46-14-18-11-34(6,12-18)16(3)4/h7-8,15-18H,9-14H2,1-6H3. The van der Waals surface area contributed by atoms with Gasteiger partial charge in [-0.2, -0.15) is 0 Å². The van der Waals surface area contributed by atoms with Gasteiger partial charge < -0.3 is 18.9 Å². The Kier molecular flexibility index (Phi) is 12.2. The Morgan fingerprint density at radius 2 is 0.938 bits per heavy atom. The van der Waals surface area contributed by atoms with Gasteiger partial charge in [0.05, 0.1) is 43.3 Å². The van der Waals surface area contributed by atoms with Crippen LogP contribution in [0.3, 0.4) is 0 Å². The Hall–Kier alpha value is -1.94. The van der Waals surface area contributed by atoms with Crippen LogP contribution in [0.15, 0.2) is 12.1 Å². The van der Waals surface area contributed by atoms with Crippen LogP contribution in [0, 0.1) is 34.5 Å². The van der Waals surface area contributed by atoms with Gasteiger partial charge in [-0.1, -0.05) is 111 Å². The van der Waals surface area contributed by atoms with Crippen molar-refractivity contribution in [2.75, 3.05) is 13.2 Å². The van der Waals surface area contributed by atoms with Crippen molar-refractivity contribution in [3.05, 3.63) is 53.4 Å². The highest BCUT2D eigenvalue weighted by molar-refractivity contribution is 6.47. The Morgan fingerprint density at radius 3 is 1.23 bits per heavy atom. The first-order valence-electron chi connectivity index (χ1n) is 15.4. The highest BCUT2D eigenvalue weighted by atomic mass is 35.5. The maximum absolute atomic E-state index is 13.2. The van der Waals surface area contributed by atoms with E-state index in [9.17, 15) is 19.2 Å². The molecule has 2 aromatic carbocycles. The smallest absolute Gasteiger partial charge is 0.423 e. The molecule has 0 spiro atoms. The number of benzene rings is 2. The van der Waals surface area contributed by atoms with Crippen molar-refractivity contribution in [3.63, 3.8) is 0 Å². The third-order valence-corrected chi connectivity index (χ3v) is 12.1. The molecule has 14 heteroatoms. The summed E-state index contributed by atoms with van der Waals surface area (Å²) in [5, 5.41) is -1.46. The number of rotatable bonds is 10. The van der Waals surface area contributed by atoms with Gasteiger partial charge in [0.1, 0.15) is 11.1 Å². The minimum atomic E-state index is -1.64. The van der Waals surface area contributed by atoms with Crippen LogP contribution in [0.5, 0.6) is 11.5 Å². The van der Waals surface area contributed by atoms with Gasteiger partial charge >= 0.3 is 23.9 Å². The summed E-state index contributed by atoms with van der Waals surface area (Å²) in [6.07, 6.45) is 3.45. The first kappa shape index (κ1) is 38.9. The molecule has 0 unspecified atom stereocenters. The van der Waals surface area contributed by atoms with Crippen LogP contribution < -0.4 is 9.47 Å². The van der Waals surface area contributed by atoms with Crippen molar-refractivity contribution in [1.82, 2.24) is 0 Å². The summed E-state index contributed by atoms with van der Waals surface area (Å²) in [5.74, 6) is -5.17. The Labute approximate surface area is 309 Å². The molecule has 0 heterocycles. The molecule has 0 amide bonds. The molecule has 2 aromatic rings. The molecular formula is C34H36Cl6O8. The summed E-state index contributed by atoms with van der Waals surface area (Å²) >= 11 is 37.5. The molecule has 0 aliphatic heterocycles. The molecule has 2 aliphatic rings. The topological polar surface area (TPSA) is 105 Å². The normalized spacial score (nSPS) is 23.3. The van der Waals surface area contributed by atoms with Crippen molar-refractivity contribution in [1.29, 1.82) is 0 Å². The minimum Gasteiger partial charge on any atom is -0.462 e. The van der Waals surface area contributed by atoms with Gasteiger partial charge in [-0.25, -0.2) is 19.2 Å². The van der Waals surface area contributed by atoms with E-state index >= 15 is 0 Å². The molecule has 2 saturated carbocycles. The van der Waals surface area contributed by atoms with Gasteiger partial charge in [-0.15, -0.1) is 0 Å². The van der Waals surface area contributed by atoms with Gasteiger partial charge in [-0.3, -0.25) is 0 Å². The molecule has 0 radical (unpaired) electrons. The molecule has 0 saturated heterocycles. The quantitative estimate of drug-likeness (QED) is 0.101. The number of ether oxygens (including phenoxy) is 4. The summed E-state index contributed by atoms with van der Waals surface area (Å²) in [7, 11) is 0. The molecule has 0 atom stereocenters. The van der Waals surface area contributed by atoms with Crippen molar-refractivity contribution >= 4 is 93.5 Å². The summed E-state index contributed by atoms with van der Waals surface area (Å²) in [6.45, 7) is 13.1. The summed E-state index contributed by atoms with van der Waals surface area (Å²) in [4.78, 5) is 52.4. The van der Waals surface area contributed by atoms with Gasteiger partial charge in [-0.05, 0) is 72.3 Å². The van der Waals surface area contributed by atoms with Crippen molar-refractivity contribution < 1.29 is 38.1 Å². The lowest BCUT2D eigenvalue weighted by Crippen LogP contribution is -2.41. The summed E-state index contributed by atoms with van der Waals surface area (Å²) in [5.41, 5.74) is -0.616. The van der Waals surface area contributed by atoms with Crippen molar-refractivity contribution in [2.24, 2.45) is 34.5 Å². The fraction of sp³-hybridized carbons (Fsp3) is 0.529. The van der Waals surface area contributed by atoms with Crippen LogP contribution in [-0.2, 0) is 19.1 Å². The largest absolute Gasteiger partial charge is 0.462 e. The predicted octanol–water partition coefficient (Wildman–Crippen LogP) is 10.6. The minimum absolute atomic E-state index is 0.0868. The molecule has 262 valence electrons. The molecule has 2 fully saturated rings. The molecule has 0 bridgehead atoms. The zero-order valence-electron chi connectivity index (χ0n) is 27.2. The number of halogens is 6. The lowest BCUT2D eigenvalue weighted by Gasteiger charge is -2.48. The molecule has 8 nitrogen and oxygen atoms in total. The van der Waals surface area contributed by atoms with E-state index in [1.54, 1.807) is 0 Å². The zero-order valence-corrected chi connectivity index (χ0v) is 31.8. The van der Waals surface area contributed by atoms with Gasteiger partial charge in [0, 0.05) is 0 Å². The number of esters is 4. The highest BCUT2D eigenvalue weighted by Gasteiger charge is 2.44. The molecule has 48 heavy (non-hydrogen) atoms. The monoisotopic (exact) mass is 782 g/mol. The number of hydrogen-bond donors (Lipinski definition) is 0.